The lowest BCUT2D eigenvalue weighted by molar-refractivity contribution is -0.0546. The highest BCUT2D eigenvalue weighted by Gasteiger charge is 2.27. The first kappa shape index (κ1) is 14.6. The predicted molar refractivity (Wildman–Crippen MR) is 88.5 cm³/mol. The molecule has 2 heteroatoms. The van der Waals surface area contributed by atoms with Crippen LogP contribution in [0.4, 0.5) is 0 Å². The molecule has 1 aliphatic rings. The monoisotopic (exact) mass is 283 g/mol. The summed E-state index contributed by atoms with van der Waals surface area (Å²) in [7, 11) is 0. The second-order valence-electron chi connectivity index (χ2n) is 7.24. The first-order valence-electron chi connectivity index (χ1n) is 7.87. The Hall–Kier alpha value is -1.38. The molecule has 1 aliphatic heterocycles. The van der Waals surface area contributed by atoms with Gasteiger partial charge in [0.25, 0.3) is 0 Å². The first-order valence-corrected chi connectivity index (χ1v) is 7.87. The van der Waals surface area contributed by atoms with Gasteiger partial charge >= 0.3 is 0 Å². The molecule has 0 spiro atoms. The number of nitrogens with one attached hydrogen (secondary N) is 1. The number of hydrogen-bond acceptors (Lipinski definition) is 2. The Kier molecular flexibility index (Phi) is 4.01. The van der Waals surface area contributed by atoms with Crippen molar-refractivity contribution in [2.24, 2.45) is 5.41 Å². The molecule has 1 saturated heterocycles. The van der Waals surface area contributed by atoms with Gasteiger partial charge in [-0.1, -0.05) is 63.2 Å². The van der Waals surface area contributed by atoms with E-state index < -0.39 is 0 Å². The van der Waals surface area contributed by atoms with E-state index in [1.165, 1.54) is 16.3 Å². The van der Waals surface area contributed by atoms with Crippen molar-refractivity contribution < 1.29 is 4.74 Å². The van der Waals surface area contributed by atoms with Gasteiger partial charge in [-0.15, -0.1) is 0 Å². The molecule has 2 aromatic carbocycles. The van der Waals surface area contributed by atoms with E-state index in [9.17, 15) is 0 Å². The molecule has 0 bridgehead atoms. The van der Waals surface area contributed by atoms with Crippen LogP contribution in [0.3, 0.4) is 0 Å². The van der Waals surface area contributed by atoms with Crippen LogP contribution in [-0.4, -0.2) is 19.2 Å². The molecule has 112 valence electrons. The SMILES string of the molecule is CC(C)(C)CC1CNCC(c2cccc3ccccc23)O1. The smallest absolute Gasteiger partial charge is 0.0959 e. The van der Waals surface area contributed by atoms with Gasteiger partial charge < -0.3 is 10.1 Å². The fourth-order valence-corrected chi connectivity index (χ4v) is 3.22. The van der Waals surface area contributed by atoms with Crippen molar-refractivity contribution in [1.82, 2.24) is 5.32 Å². The third kappa shape index (κ3) is 3.45. The van der Waals surface area contributed by atoms with Gasteiger partial charge in [0.1, 0.15) is 0 Å². The van der Waals surface area contributed by atoms with E-state index in [1.54, 1.807) is 0 Å². The molecule has 0 radical (unpaired) electrons. The lowest BCUT2D eigenvalue weighted by Gasteiger charge is -2.35. The molecule has 2 nitrogen and oxygen atoms in total. The second kappa shape index (κ2) is 5.78. The zero-order valence-corrected chi connectivity index (χ0v) is 13.2. The predicted octanol–water partition coefficient (Wildman–Crippen LogP) is 4.31. The largest absolute Gasteiger partial charge is 0.368 e. The van der Waals surface area contributed by atoms with E-state index in [0.717, 1.165) is 19.5 Å². The zero-order valence-electron chi connectivity index (χ0n) is 13.2. The molecule has 1 fully saturated rings. The standard InChI is InChI=1S/C19H25NO/c1-19(2,3)11-15-12-20-13-18(21-15)17-10-6-8-14-7-4-5-9-16(14)17/h4-10,15,18,20H,11-13H2,1-3H3. The van der Waals surface area contributed by atoms with Gasteiger partial charge in [0, 0.05) is 13.1 Å². The van der Waals surface area contributed by atoms with Crippen molar-refractivity contribution in [2.75, 3.05) is 13.1 Å². The van der Waals surface area contributed by atoms with Gasteiger partial charge in [-0.3, -0.25) is 0 Å². The Morgan fingerprint density at radius 1 is 1.05 bits per heavy atom. The van der Waals surface area contributed by atoms with Gasteiger partial charge in [0.2, 0.25) is 0 Å². The number of morpholine rings is 1. The Balaban J connectivity index is 1.85. The maximum absolute atomic E-state index is 6.39. The Morgan fingerprint density at radius 2 is 1.81 bits per heavy atom. The normalized spacial score (nSPS) is 23.4. The van der Waals surface area contributed by atoms with Crippen molar-refractivity contribution in [1.29, 1.82) is 0 Å². The van der Waals surface area contributed by atoms with E-state index in [2.05, 4.69) is 68.6 Å². The number of fused-ring (bicyclic) bond motifs is 1. The average Bonchev–Trinajstić information content (AvgIpc) is 2.45. The third-order valence-corrected chi connectivity index (χ3v) is 4.07. The molecule has 2 atom stereocenters. The molecule has 2 unspecified atom stereocenters. The van der Waals surface area contributed by atoms with Crippen LogP contribution in [0.25, 0.3) is 10.8 Å². The number of hydrogen-bond donors (Lipinski definition) is 1. The molecule has 0 amide bonds. The fourth-order valence-electron chi connectivity index (χ4n) is 3.22. The number of rotatable bonds is 2. The van der Waals surface area contributed by atoms with E-state index in [4.69, 9.17) is 4.74 Å². The average molecular weight is 283 g/mol. The Labute approximate surface area is 127 Å². The molecule has 21 heavy (non-hydrogen) atoms. The van der Waals surface area contributed by atoms with Crippen LogP contribution in [0.15, 0.2) is 42.5 Å². The quantitative estimate of drug-likeness (QED) is 0.887. The minimum absolute atomic E-state index is 0.150. The summed E-state index contributed by atoms with van der Waals surface area (Å²) < 4.78 is 6.39. The fraction of sp³-hybridized carbons (Fsp3) is 0.474. The highest BCUT2D eigenvalue weighted by atomic mass is 16.5. The molecule has 0 aromatic heterocycles. The summed E-state index contributed by atoms with van der Waals surface area (Å²) in [5.41, 5.74) is 1.60. The first-order chi connectivity index (χ1) is 10.0. The van der Waals surface area contributed by atoms with Crippen molar-refractivity contribution in [3.63, 3.8) is 0 Å². The van der Waals surface area contributed by atoms with Gasteiger partial charge in [0.05, 0.1) is 12.2 Å². The molecule has 1 N–H and O–H groups in total. The van der Waals surface area contributed by atoms with Crippen LogP contribution in [0.2, 0.25) is 0 Å². The molecule has 1 heterocycles. The van der Waals surface area contributed by atoms with Gasteiger partial charge in [-0.25, -0.2) is 0 Å². The van der Waals surface area contributed by atoms with Crippen molar-refractivity contribution >= 4 is 10.8 Å². The molecular formula is C19H25NO. The van der Waals surface area contributed by atoms with Crippen LogP contribution in [0.1, 0.15) is 38.9 Å². The van der Waals surface area contributed by atoms with Gasteiger partial charge in [-0.05, 0) is 28.2 Å². The lowest BCUT2D eigenvalue weighted by atomic mass is 9.88. The summed E-state index contributed by atoms with van der Waals surface area (Å²) >= 11 is 0. The van der Waals surface area contributed by atoms with E-state index in [-0.39, 0.29) is 6.10 Å². The topological polar surface area (TPSA) is 21.3 Å². The summed E-state index contributed by atoms with van der Waals surface area (Å²) in [6, 6.07) is 15.1. The summed E-state index contributed by atoms with van der Waals surface area (Å²) in [6.07, 6.45) is 1.53. The second-order valence-corrected chi connectivity index (χ2v) is 7.24. The van der Waals surface area contributed by atoms with Crippen LogP contribution in [-0.2, 0) is 4.74 Å². The van der Waals surface area contributed by atoms with Crippen molar-refractivity contribution in [3.8, 4) is 0 Å². The highest BCUT2D eigenvalue weighted by Crippen LogP contribution is 2.31. The lowest BCUT2D eigenvalue weighted by Crippen LogP contribution is -2.42. The van der Waals surface area contributed by atoms with Crippen LogP contribution in [0.5, 0.6) is 0 Å². The Bertz CT molecular complexity index is 609. The van der Waals surface area contributed by atoms with E-state index in [0.29, 0.717) is 11.5 Å². The minimum atomic E-state index is 0.150. The number of benzene rings is 2. The summed E-state index contributed by atoms with van der Waals surface area (Å²) in [5, 5.41) is 6.14. The van der Waals surface area contributed by atoms with E-state index >= 15 is 0 Å². The van der Waals surface area contributed by atoms with Crippen molar-refractivity contribution in [2.45, 2.75) is 39.4 Å². The van der Waals surface area contributed by atoms with Gasteiger partial charge in [-0.2, -0.15) is 0 Å². The molecular weight excluding hydrogens is 258 g/mol. The van der Waals surface area contributed by atoms with Gasteiger partial charge in [0.15, 0.2) is 0 Å². The van der Waals surface area contributed by atoms with E-state index in [1.807, 2.05) is 0 Å². The maximum atomic E-state index is 6.39. The third-order valence-electron chi connectivity index (χ3n) is 4.07. The highest BCUT2D eigenvalue weighted by molar-refractivity contribution is 5.86. The Morgan fingerprint density at radius 3 is 2.62 bits per heavy atom. The molecule has 0 aliphatic carbocycles. The van der Waals surface area contributed by atoms with Crippen LogP contribution >= 0.6 is 0 Å². The van der Waals surface area contributed by atoms with Crippen LogP contribution < -0.4 is 5.32 Å². The molecule has 0 saturated carbocycles. The molecule has 3 rings (SSSR count). The molecule has 2 aromatic rings. The maximum Gasteiger partial charge on any atom is 0.0959 e. The zero-order chi connectivity index (χ0) is 14.9. The number of ether oxygens (including phenoxy) is 1. The summed E-state index contributed by atoms with van der Waals surface area (Å²) in [6.45, 7) is 8.68. The summed E-state index contributed by atoms with van der Waals surface area (Å²) in [4.78, 5) is 0. The minimum Gasteiger partial charge on any atom is -0.368 e. The summed E-state index contributed by atoms with van der Waals surface area (Å²) in [5.74, 6) is 0. The van der Waals surface area contributed by atoms with Crippen molar-refractivity contribution in [3.05, 3.63) is 48.0 Å². The van der Waals surface area contributed by atoms with Crippen LogP contribution in [0, 0.1) is 5.41 Å².